The fourth-order valence-electron chi connectivity index (χ4n) is 3.08. The van der Waals surface area contributed by atoms with Crippen molar-refractivity contribution in [1.82, 2.24) is 25.2 Å². The quantitative estimate of drug-likeness (QED) is 0.428. The minimum atomic E-state index is -0.420. The predicted octanol–water partition coefficient (Wildman–Crippen LogP) is 3.77. The van der Waals surface area contributed by atoms with Crippen molar-refractivity contribution >= 4 is 49.3 Å². The van der Waals surface area contributed by atoms with Crippen LogP contribution in [0, 0.1) is 12.7 Å². The van der Waals surface area contributed by atoms with Gasteiger partial charge in [0.2, 0.25) is 0 Å². The second-order valence-electron chi connectivity index (χ2n) is 6.76. The van der Waals surface area contributed by atoms with Crippen LogP contribution in [0.4, 0.5) is 4.39 Å². The van der Waals surface area contributed by atoms with E-state index in [2.05, 4.69) is 31.9 Å². The number of aryl methyl sites for hydroxylation is 2. The van der Waals surface area contributed by atoms with E-state index in [0.29, 0.717) is 17.1 Å². The molecule has 2 amide bonds. The van der Waals surface area contributed by atoms with E-state index in [9.17, 15) is 14.0 Å². The van der Waals surface area contributed by atoms with Crippen LogP contribution in [-0.2, 0) is 13.6 Å². The number of thiophene rings is 1. The Morgan fingerprint density at radius 3 is 2.53 bits per heavy atom. The van der Waals surface area contributed by atoms with Crippen LogP contribution in [0.1, 0.15) is 31.4 Å². The van der Waals surface area contributed by atoms with Crippen molar-refractivity contribution in [2.24, 2.45) is 7.05 Å². The van der Waals surface area contributed by atoms with Crippen LogP contribution in [0.25, 0.3) is 10.2 Å². The fraction of sp³-hybridized carbons (Fsp3) is 0.150. The lowest BCUT2D eigenvalue weighted by Gasteiger charge is -2.07. The number of nitrogens with one attached hydrogen (secondary N) is 2. The van der Waals surface area contributed by atoms with Gasteiger partial charge in [0.1, 0.15) is 16.3 Å². The molecule has 2 N–H and O–H groups in total. The van der Waals surface area contributed by atoms with Crippen molar-refractivity contribution in [3.8, 4) is 0 Å². The molecule has 0 spiro atoms. The van der Waals surface area contributed by atoms with Gasteiger partial charge in [0.15, 0.2) is 0 Å². The number of carbonyl (C=O) groups is 2. The van der Waals surface area contributed by atoms with Crippen molar-refractivity contribution in [2.45, 2.75) is 13.5 Å². The lowest BCUT2D eigenvalue weighted by atomic mass is 10.2. The second-order valence-corrected chi connectivity index (χ2v) is 8.71. The Hall–Kier alpha value is -2.98. The molecule has 0 aliphatic carbocycles. The predicted molar refractivity (Wildman–Crippen MR) is 116 cm³/mol. The number of carbonyl (C=O) groups excluding carboxylic acids is 2. The van der Waals surface area contributed by atoms with E-state index in [4.69, 9.17) is 0 Å². The Labute approximate surface area is 183 Å². The van der Waals surface area contributed by atoms with Crippen molar-refractivity contribution < 1.29 is 14.0 Å². The summed E-state index contributed by atoms with van der Waals surface area (Å²) in [5.41, 5.74) is 6.98. The smallest absolute Gasteiger partial charge is 0.286 e. The third-order valence-electron chi connectivity index (χ3n) is 4.57. The lowest BCUT2D eigenvalue weighted by molar-refractivity contribution is 0.0844. The summed E-state index contributed by atoms with van der Waals surface area (Å²) in [6.45, 7) is 2.33. The average molecular weight is 490 g/mol. The topological polar surface area (TPSA) is 81.0 Å². The van der Waals surface area contributed by atoms with E-state index >= 15 is 0 Å². The van der Waals surface area contributed by atoms with Gasteiger partial charge in [-0.05, 0) is 52.7 Å². The summed E-state index contributed by atoms with van der Waals surface area (Å²) >= 11 is 4.59. The molecule has 10 heteroatoms. The van der Waals surface area contributed by atoms with Gasteiger partial charge in [0, 0.05) is 23.1 Å². The van der Waals surface area contributed by atoms with Gasteiger partial charge < -0.3 is 4.57 Å². The van der Waals surface area contributed by atoms with E-state index in [1.165, 1.54) is 23.5 Å². The molecule has 4 aromatic rings. The molecule has 0 unspecified atom stereocenters. The third-order valence-corrected chi connectivity index (χ3v) is 6.15. The fourth-order valence-corrected chi connectivity index (χ4v) is 4.66. The number of hydrazine groups is 1. The molecule has 3 heterocycles. The first-order valence-corrected chi connectivity index (χ1v) is 10.6. The Morgan fingerprint density at radius 2 is 1.87 bits per heavy atom. The van der Waals surface area contributed by atoms with Crippen molar-refractivity contribution in [1.29, 1.82) is 0 Å². The first-order valence-electron chi connectivity index (χ1n) is 8.96. The van der Waals surface area contributed by atoms with E-state index in [1.807, 2.05) is 6.92 Å². The molecule has 0 saturated carbocycles. The van der Waals surface area contributed by atoms with Crippen LogP contribution >= 0.6 is 27.3 Å². The molecule has 154 valence electrons. The van der Waals surface area contributed by atoms with Gasteiger partial charge in [-0.25, -0.2) is 4.39 Å². The average Bonchev–Trinajstić information content (AvgIpc) is 3.37. The number of aromatic nitrogens is 3. The highest BCUT2D eigenvalue weighted by Gasteiger charge is 2.18. The number of benzene rings is 1. The van der Waals surface area contributed by atoms with Gasteiger partial charge in [-0.2, -0.15) is 5.10 Å². The minimum absolute atomic E-state index is 0.291. The molecule has 0 bridgehead atoms. The van der Waals surface area contributed by atoms with Gasteiger partial charge in [-0.1, -0.05) is 12.1 Å². The lowest BCUT2D eigenvalue weighted by Crippen LogP contribution is -2.41. The van der Waals surface area contributed by atoms with Crippen molar-refractivity contribution in [3.05, 3.63) is 74.7 Å². The Morgan fingerprint density at radius 1 is 1.17 bits per heavy atom. The zero-order valence-electron chi connectivity index (χ0n) is 16.1. The van der Waals surface area contributed by atoms with Crippen LogP contribution in [0.5, 0.6) is 0 Å². The molecule has 0 atom stereocenters. The zero-order valence-corrected chi connectivity index (χ0v) is 18.5. The van der Waals surface area contributed by atoms with E-state index in [-0.39, 0.29) is 5.82 Å². The zero-order chi connectivity index (χ0) is 21.4. The van der Waals surface area contributed by atoms with E-state index < -0.39 is 11.8 Å². The second kappa shape index (κ2) is 8.04. The van der Waals surface area contributed by atoms with Crippen molar-refractivity contribution in [3.63, 3.8) is 0 Å². The molecule has 30 heavy (non-hydrogen) atoms. The van der Waals surface area contributed by atoms with Crippen LogP contribution in [-0.4, -0.2) is 26.2 Å². The Balaban J connectivity index is 1.50. The van der Waals surface area contributed by atoms with Crippen molar-refractivity contribution in [2.75, 3.05) is 0 Å². The summed E-state index contributed by atoms with van der Waals surface area (Å²) in [6.07, 6.45) is 1.75. The number of amides is 2. The number of fused-ring (bicyclic) bond motifs is 1. The molecule has 0 radical (unpaired) electrons. The highest BCUT2D eigenvalue weighted by Crippen LogP contribution is 2.28. The normalized spacial score (nSPS) is 11.1. The highest BCUT2D eigenvalue weighted by molar-refractivity contribution is 9.10. The SMILES string of the molecule is Cc1nn(Cc2ccc(F)cc2)c2sc(C(=O)NNC(=O)c3cc(Br)cn3C)cc12. The molecule has 3 aromatic heterocycles. The monoisotopic (exact) mass is 489 g/mol. The molecule has 4 rings (SSSR count). The van der Waals surface area contributed by atoms with E-state index in [1.54, 1.807) is 46.8 Å². The summed E-state index contributed by atoms with van der Waals surface area (Å²) in [4.78, 5) is 26.1. The van der Waals surface area contributed by atoms with Crippen LogP contribution in [0.2, 0.25) is 0 Å². The van der Waals surface area contributed by atoms with Gasteiger partial charge in [0.25, 0.3) is 11.8 Å². The van der Waals surface area contributed by atoms with Gasteiger partial charge in [-0.3, -0.25) is 25.1 Å². The van der Waals surface area contributed by atoms with Crippen LogP contribution in [0.3, 0.4) is 0 Å². The Bertz CT molecular complexity index is 1260. The third kappa shape index (κ3) is 4.01. The largest absolute Gasteiger partial charge is 0.345 e. The van der Waals surface area contributed by atoms with Crippen LogP contribution in [0.15, 0.2) is 47.1 Å². The molecule has 7 nitrogen and oxygen atoms in total. The van der Waals surface area contributed by atoms with Gasteiger partial charge >= 0.3 is 0 Å². The molecule has 1 aromatic carbocycles. The minimum Gasteiger partial charge on any atom is -0.345 e. The maximum atomic E-state index is 13.1. The van der Waals surface area contributed by atoms with Crippen LogP contribution < -0.4 is 10.9 Å². The highest BCUT2D eigenvalue weighted by atomic mass is 79.9. The van der Waals surface area contributed by atoms with Gasteiger partial charge in [0.05, 0.1) is 17.1 Å². The Kier molecular flexibility index (Phi) is 5.44. The number of nitrogens with zero attached hydrogens (tertiary/aromatic N) is 3. The number of rotatable bonds is 4. The maximum absolute atomic E-state index is 13.1. The summed E-state index contributed by atoms with van der Waals surface area (Å²) in [7, 11) is 1.74. The maximum Gasteiger partial charge on any atom is 0.286 e. The molecular formula is C20H17BrFN5O2S. The molecule has 0 aliphatic heterocycles. The first kappa shape index (κ1) is 20.3. The molecular weight excluding hydrogens is 473 g/mol. The molecule has 0 fully saturated rings. The molecule has 0 aliphatic rings. The standard InChI is InChI=1S/C20H17BrFN5O2S/c1-11-15-8-17(19(29)24-23-18(28)16-7-13(21)10-26(16)2)30-20(15)27(25-11)9-12-3-5-14(22)6-4-12/h3-8,10H,9H2,1-2H3,(H,23,28)(H,24,29). The number of hydrogen-bond donors (Lipinski definition) is 2. The van der Waals surface area contributed by atoms with E-state index in [0.717, 1.165) is 25.9 Å². The first-order chi connectivity index (χ1) is 14.3. The number of halogens is 2. The summed E-state index contributed by atoms with van der Waals surface area (Å²) < 4.78 is 17.4. The van der Waals surface area contributed by atoms with Gasteiger partial charge in [-0.15, -0.1) is 11.3 Å². The summed E-state index contributed by atoms with van der Waals surface area (Å²) in [5.74, 6) is -1.12. The number of hydrogen-bond acceptors (Lipinski definition) is 4. The summed E-state index contributed by atoms with van der Waals surface area (Å²) in [5, 5.41) is 5.38. The molecule has 0 saturated heterocycles. The summed E-state index contributed by atoms with van der Waals surface area (Å²) in [6, 6.07) is 9.64.